The summed E-state index contributed by atoms with van der Waals surface area (Å²) in [5, 5.41) is 0. The van der Waals surface area contributed by atoms with Gasteiger partial charge in [0.2, 0.25) is 5.91 Å². The third kappa shape index (κ3) is 4.75. The fourth-order valence-electron chi connectivity index (χ4n) is 1.27. The van der Waals surface area contributed by atoms with Crippen molar-refractivity contribution in [3.63, 3.8) is 0 Å². The van der Waals surface area contributed by atoms with Gasteiger partial charge in [0.15, 0.2) is 0 Å². The Morgan fingerprint density at radius 2 is 2.24 bits per heavy atom. The van der Waals surface area contributed by atoms with Gasteiger partial charge in [0.1, 0.15) is 5.82 Å². The predicted molar refractivity (Wildman–Crippen MR) is 69.3 cm³/mol. The van der Waals surface area contributed by atoms with Crippen LogP contribution in [0.4, 0.5) is 4.39 Å². The third-order valence-electron chi connectivity index (χ3n) is 2.31. The van der Waals surface area contributed by atoms with E-state index in [2.05, 4.69) is 0 Å². The van der Waals surface area contributed by atoms with Crippen LogP contribution in [0.2, 0.25) is 0 Å². The van der Waals surface area contributed by atoms with E-state index in [1.807, 2.05) is 6.92 Å². The van der Waals surface area contributed by atoms with Crippen molar-refractivity contribution in [1.82, 2.24) is 0 Å². The largest absolute Gasteiger partial charge is 0.366 e. The molecule has 94 valence electrons. The van der Waals surface area contributed by atoms with E-state index < -0.39 is 5.91 Å². The quantitative estimate of drug-likeness (QED) is 0.764. The number of hydrogen-bond donors (Lipinski definition) is 2. The number of primary amides is 1. The maximum Gasteiger partial charge on any atom is 0.248 e. The van der Waals surface area contributed by atoms with Crippen LogP contribution in [0.15, 0.2) is 18.2 Å². The first-order valence-electron chi connectivity index (χ1n) is 5.42. The minimum absolute atomic E-state index is 0.171. The van der Waals surface area contributed by atoms with Crippen LogP contribution in [0.1, 0.15) is 29.3 Å². The normalized spacial score (nSPS) is 12.4. The maximum atomic E-state index is 13.6. The lowest BCUT2D eigenvalue weighted by Crippen LogP contribution is -2.15. The molecule has 0 saturated carbocycles. The molecule has 1 aromatic carbocycles. The Bertz CT molecular complexity index is 396. The summed E-state index contributed by atoms with van der Waals surface area (Å²) in [5.41, 5.74) is 11.5. The molecule has 1 atom stereocenters. The van der Waals surface area contributed by atoms with E-state index in [9.17, 15) is 9.18 Å². The van der Waals surface area contributed by atoms with Crippen molar-refractivity contribution in [2.24, 2.45) is 11.5 Å². The van der Waals surface area contributed by atoms with E-state index in [-0.39, 0.29) is 17.4 Å². The summed E-state index contributed by atoms with van der Waals surface area (Å²) in [4.78, 5) is 10.8. The smallest absolute Gasteiger partial charge is 0.248 e. The minimum atomic E-state index is -0.611. The number of carbonyl (C=O) groups excluding carboxylic acids is 1. The predicted octanol–water partition coefficient (Wildman–Crippen LogP) is 1.90. The Morgan fingerprint density at radius 3 is 2.76 bits per heavy atom. The summed E-state index contributed by atoms with van der Waals surface area (Å²) in [6, 6.07) is 4.51. The van der Waals surface area contributed by atoms with E-state index in [1.54, 1.807) is 23.9 Å². The number of nitrogens with two attached hydrogens (primary N) is 2. The SMILES string of the molecule is CC(N)CCSCc1ccc(C(N)=O)cc1F. The van der Waals surface area contributed by atoms with Gasteiger partial charge < -0.3 is 11.5 Å². The second kappa shape index (κ2) is 6.61. The summed E-state index contributed by atoms with van der Waals surface area (Å²) < 4.78 is 13.6. The average Bonchev–Trinajstić information content (AvgIpc) is 2.25. The van der Waals surface area contributed by atoms with E-state index >= 15 is 0 Å². The van der Waals surface area contributed by atoms with Crippen molar-refractivity contribution >= 4 is 17.7 Å². The molecular weight excluding hydrogens is 239 g/mol. The molecule has 1 aromatic rings. The molecule has 0 aliphatic rings. The molecule has 17 heavy (non-hydrogen) atoms. The van der Waals surface area contributed by atoms with E-state index in [0.717, 1.165) is 12.2 Å². The van der Waals surface area contributed by atoms with Gasteiger partial charge >= 0.3 is 0 Å². The Kier molecular flexibility index (Phi) is 5.44. The number of amides is 1. The standard InChI is InChI=1S/C12H17FN2OS/c1-8(14)4-5-17-7-10-3-2-9(12(15)16)6-11(10)13/h2-3,6,8H,4-5,7,14H2,1H3,(H2,15,16). The molecule has 0 aliphatic carbocycles. The zero-order valence-corrected chi connectivity index (χ0v) is 10.6. The third-order valence-corrected chi connectivity index (χ3v) is 3.35. The first-order chi connectivity index (χ1) is 8.00. The van der Waals surface area contributed by atoms with Crippen LogP contribution in [0.3, 0.4) is 0 Å². The van der Waals surface area contributed by atoms with Gasteiger partial charge in [-0.05, 0) is 36.8 Å². The first-order valence-corrected chi connectivity index (χ1v) is 6.57. The first kappa shape index (κ1) is 14.0. The van der Waals surface area contributed by atoms with Crippen LogP contribution in [0.5, 0.6) is 0 Å². The zero-order chi connectivity index (χ0) is 12.8. The molecule has 1 rings (SSSR count). The lowest BCUT2D eigenvalue weighted by atomic mass is 10.1. The molecule has 4 N–H and O–H groups in total. The fraction of sp³-hybridized carbons (Fsp3) is 0.417. The van der Waals surface area contributed by atoms with E-state index in [0.29, 0.717) is 11.3 Å². The number of halogens is 1. The molecule has 0 radical (unpaired) electrons. The van der Waals surface area contributed by atoms with Crippen molar-refractivity contribution in [3.8, 4) is 0 Å². The summed E-state index contributed by atoms with van der Waals surface area (Å²) in [7, 11) is 0. The highest BCUT2D eigenvalue weighted by Crippen LogP contribution is 2.17. The molecule has 3 nitrogen and oxygen atoms in total. The van der Waals surface area contributed by atoms with Gasteiger partial charge in [-0.3, -0.25) is 4.79 Å². The zero-order valence-electron chi connectivity index (χ0n) is 9.78. The molecule has 0 aliphatic heterocycles. The topological polar surface area (TPSA) is 69.1 Å². The van der Waals surface area contributed by atoms with Gasteiger partial charge in [-0.15, -0.1) is 0 Å². The Balaban J connectivity index is 2.52. The van der Waals surface area contributed by atoms with Crippen LogP contribution in [0, 0.1) is 5.82 Å². The van der Waals surface area contributed by atoms with Gasteiger partial charge in [0.05, 0.1) is 0 Å². The number of thioether (sulfide) groups is 1. The number of benzene rings is 1. The highest BCUT2D eigenvalue weighted by Gasteiger charge is 2.07. The average molecular weight is 256 g/mol. The number of rotatable bonds is 6. The van der Waals surface area contributed by atoms with Crippen LogP contribution in [-0.2, 0) is 5.75 Å². The second-order valence-electron chi connectivity index (χ2n) is 3.99. The molecular formula is C12H17FN2OS. The summed E-state index contributed by atoms with van der Waals surface area (Å²) in [5.74, 6) is 0.487. The lowest BCUT2D eigenvalue weighted by Gasteiger charge is -2.06. The van der Waals surface area contributed by atoms with Gasteiger partial charge in [-0.2, -0.15) is 11.8 Å². The van der Waals surface area contributed by atoms with Crippen LogP contribution in [-0.4, -0.2) is 17.7 Å². The van der Waals surface area contributed by atoms with E-state index in [4.69, 9.17) is 11.5 Å². The van der Waals surface area contributed by atoms with Crippen molar-refractivity contribution in [3.05, 3.63) is 35.1 Å². The maximum absolute atomic E-state index is 13.6. The molecule has 0 aromatic heterocycles. The van der Waals surface area contributed by atoms with E-state index in [1.165, 1.54) is 6.07 Å². The van der Waals surface area contributed by atoms with Crippen LogP contribution >= 0.6 is 11.8 Å². The summed E-state index contributed by atoms with van der Waals surface area (Å²) in [6.07, 6.45) is 0.908. The summed E-state index contributed by atoms with van der Waals surface area (Å²) in [6.45, 7) is 1.95. The van der Waals surface area contributed by atoms with Crippen molar-refractivity contribution in [1.29, 1.82) is 0 Å². The molecule has 0 saturated heterocycles. The highest BCUT2D eigenvalue weighted by molar-refractivity contribution is 7.98. The van der Waals surface area contributed by atoms with Gasteiger partial charge in [-0.1, -0.05) is 6.07 Å². The van der Waals surface area contributed by atoms with Crippen LogP contribution in [0.25, 0.3) is 0 Å². The fourth-order valence-corrected chi connectivity index (χ4v) is 2.41. The van der Waals surface area contributed by atoms with Crippen molar-refractivity contribution in [2.45, 2.75) is 25.1 Å². The minimum Gasteiger partial charge on any atom is -0.366 e. The van der Waals surface area contributed by atoms with Gasteiger partial charge in [-0.25, -0.2) is 4.39 Å². The molecule has 0 fully saturated rings. The van der Waals surface area contributed by atoms with Crippen molar-refractivity contribution < 1.29 is 9.18 Å². The Hall–Kier alpha value is -1.07. The number of carbonyl (C=O) groups is 1. The van der Waals surface area contributed by atoms with Crippen LogP contribution < -0.4 is 11.5 Å². The monoisotopic (exact) mass is 256 g/mol. The highest BCUT2D eigenvalue weighted by atomic mass is 32.2. The molecule has 0 spiro atoms. The molecule has 0 heterocycles. The second-order valence-corrected chi connectivity index (χ2v) is 5.09. The molecule has 0 bridgehead atoms. The Morgan fingerprint density at radius 1 is 1.53 bits per heavy atom. The summed E-state index contributed by atoms with van der Waals surface area (Å²) >= 11 is 1.63. The molecule has 1 amide bonds. The Labute approximate surface area is 105 Å². The van der Waals surface area contributed by atoms with Gasteiger partial charge in [0.25, 0.3) is 0 Å². The lowest BCUT2D eigenvalue weighted by molar-refractivity contribution is 0.1000. The molecule has 5 heteroatoms. The van der Waals surface area contributed by atoms with Gasteiger partial charge in [0, 0.05) is 17.4 Å². The molecule has 1 unspecified atom stereocenters. The van der Waals surface area contributed by atoms with Crippen molar-refractivity contribution in [2.75, 3.05) is 5.75 Å². The number of hydrogen-bond acceptors (Lipinski definition) is 3.